The summed E-state index contributed by atoms with van der Waals surface area (Å²) in [5.74, 6) is -1.03. The van der Waals surface area contributed by atoms with E-state index in [2.05, 4.69) is 16.0 Å². The van der Waals surface area contributed by atoms with Crippen LogP contribution in [0.3, 0.4) is 0 Å². The Kier molecular flexibility index (Phi) is 9.17. The van der Waals surface area contributed by atoms with Crippen LogP contribution in [0.2, 0.25) is 5.02 Å². The first kappa shape index (κ1) is 25.7. The molecule has 0 aliphatic heterocycles. The van der Waals surface area contributed by atoms with Gasteiger partial charge in [0.15, 0.2) is 0 Å². The molecule has 0 aliphatic rings. The minimum atomic E-state index is -0.519. The van der Waals surface area contributed by atoms with Gasteiger partial charge in [-0.2, -0.15) is 0 Å². The lowest BCUT2D eigenvalue weighted by molar-refractivity contribution is -0.121. The lowest BCUT2D eigenvalue weighted by Gasteiger charge is -2.11. The lowest BCUT2D eigenvalue weighted by Crippen LogP contribution is -2.29. The van der Waals surface area contributed by atoms with Gasteiger partial charge in [-0.05, 0) is 52.6 Å². The van der Waals surface area contributed by atoms with Gasteiger partial charge in [0.2, 0.25) is 11.8 Å². The van der Waals surface area contributed by atoms with E-state index in [1.165, 1.54) is 13.0 Å². The second-order valence-electron chi connectivity index (χ2n) is 7.84. The molecule has 7 nitrogen and oxygen atoms in total. The fourth-order valence-electron chi connectivity index (χ4n) is 3.27. The zero-order valence-electron chi connectivity index (χ0n) is 19.2. The van der Waals surface area contributed by atoms with Crippen LogP contribution in [-0.4, -0.2) is 22.8 Å². The average Bonchev–Trinajstić information content (AvgIpc) is 2.85. The average molecular weight is 492 g/mol. The van der Waals surface area contributed by atoms with Crippen LogP contribution in [0, 0.1) is 0 Å². The number of aliphatic hydroxyl groups excluding tert-OH is 1. The van der Waals surface area contributed by atoms with Crippen molar-refractivity contribution in [3.05, 3.63) is 106 Å². The second kappa shape index (κ2) is 12.5. The fraction of sp³-hybridized carbons (Fsp3) is 0.148. The normalized spacial score (nSPS) is 11.0. The summed E-state index contributed by atoms with van der Waals surface area (Å²) in [6, 6.07) is 21.5. The third-order valence-corrected chi connectivity index (χ3v) is 5.38. The number of anilines is 1. The maximum atomic E-state index is 12.8. The predicted molar refractivity (Wildman–Crippen MR) is 136 cm³/mol. The number of halogens is 1. The summed E-state index contributed by atoms with van der Waals surface area (Å²) in [6.45, 7) is 1.51. The van der Waals surface area contributed by atoms with Gasteiger partial charge in [0, 0.05) is 24.2 Å². The highest BCUT2D eigenvalue weighted by molar-refractivity contribution is 6.31. The molecule has 0 saturated heterocycles. The number of hydrogen-bond acceptors (Lipinski definition) is 4. The summed E-state index contributed by atoms with van der Waals surface area (Å²) in [5, 5.41) is 18.0. The van der Waals surface area contributed by atoms with Gasteiger partial charge >= 0.3 is 0 Å². The molecule has 0 aromatic heterocycles. The summed E-state index contributed by atoms with van der Waals surface area (Å²) >= 11 is 6.02. The largest absolute Gasteiger partial charge is 0.392 e. The van der Waals surface area contributed by atoms with Crippen LogP contribution in [0.15, 0.2) is 78.5 Å². The first-order chi connectivity index (χ1) is 16.8. The highest BCUT2D eigenvalue weighted by Crippen LogP contribution is 2.19. The Balaban J connectivity index is 1.63. The molecule has 4 N–H and O–H groups in total. The number of nitrogens with one attached hydrogen (secondary N) is 3. The van der Waals surface area contributed by atoms with Crippen molar-refractivity contribution in [3.63, 3.8) is 0 Å². The van der Waals surface area contributed by atoms with Crippen molar-refractivity contribution in [1.29, 1.82) is 0 Å². The standard InChI is InChI=1S/C27H26ClN3O4/c1-18(33)30-25(14-21-9-12-24(28)22(13-21)17-32)27(35)31-23-10-7-19(8-11-23)15-26(34)29-16-20-5-3-2-4-6-20/h2-14,32H,15-17H2,1H3,(H,29,34)(H,30,33)(H,31,35)/b25-14-. The molecule has 3 amide bonds. The van der Waals surface area contributed by atoms with E-state index in [0.717, 1.165) is 11.1 Å². The Morgan fingerprint density at radius 1 is 0.943 bits per heavy atom. The molecule has 0 aliphatic carbocycles. The number of carbonyl (C=O) groups excluding carboxylic acids is 3. The molecule has 0 fully saturated rings. The first-order valence-corrected chi connectivity index (χ1v) is 11.3. The van der Waals surface area contributed by atoms with Gasteiger partial charge in [-0.15, -0.1) is 0 Å². The van der Waals surface area contributed by atoms with Gasteiger partial charge in [-0.25, -0.2) is 0 Å². The fourth-order valence-corrected chi connectivity index (χ4v) is 3.45. The topological polar surface area (TPSA) is 108 Å². The number of hydrogen-bond donors (Lipinski definition) is 4. The third-order valence-electron chi connectivity index (χ3n) is 5.02. The minimum absolute atomic E-state index is 0.0353. The van der Waals surface area contributed by atoms with E-state index < -0.39 is 11.8 Å². The summed E-state index contributed by atoms with van der Waals surface area (Å²) < 4.78 is 0. The molecule has 0 unspecified atom stereocenters. The lowest BCUT2D eigenvalue weighted by atomic mass is 10.1. The number of amides is 3. The maximum Gasteiger partial charge on any atom is 0.272 e. The van der Waals surface area contributed by atoms with Crippen LogP contribution in [-0.2, 0) is 34.0 Å². The highest BCUT2D eigenvalue weighted by Gasteiger charge is 2.13. The van der Waals surface area contributed by atoms with Crippen LogP contribution in [0.25, 0.3) is 6.08 Å². The quantitative estimate of drug-likeness (QED) is 0.341. The van der Waals surface area contributed by atoms with Crippen molar-refractivity contribution < 1.29 is 19.5 Å². The number of rotatable bonds is 9. The summed E-state index contributed by atoms with van der Waals surface area (Å²) in [5.41, 5.74) is 3.46. The van der Waals surface area contributed by atoms with Crippen molar-refractivity contribution in [2.24, 2.45) is 0 Å². The van der Waals surface area contributed by atoms with E-state index in [0.29, 0.717) is 28.4 Å². The van der Waals surface area contributed by atoms with Crippen molar-refractivity contribution in [2.75, 3.05) is 5.32 Å². The van der Waals surface area contributed by atoms with Crippen molar-refractivity contribution in [2.45, 2.75) is 26.5 Å². The van der Waals surface area contributed by atoms with Crippen molar-refractivity contribution in [1.82, 2.24) is 10.6 Å². The highest BCUT2D eigenvalue weighted by atomic mass is 35.5. The van der Waals surface area contributed by atoms with Gasteiger partial charge < -0.3 is 21.1 Å². The van der Waals surface area contributed by atoms with E-state index in [1.807, 2.05) is 30.3 Å². The second-order valence-corrected chi connectivity index (χ2v) is 8.25. The summed E-state index contributed by atoms with van der Waals surface area (Å²) in [6.07, 6.45) is 1.71. The molecule has 0 saturated carbocycles. The minimum Gasteiger partial charge on any atom is -0.392 e. The smallest absolute Gasteiger partial charge is 0.272 e. The molecule has 8 heteroatoms. The van der Waals surface area contributed by atoms with E-state index in [9.17, 15) is 19.5 Å². The van der Waals surface area contributed by atoms with Gasteiger partial charge in [-0.1, -0.05) is 60.1 Å². The Morgan fingerprint density at radius 2 is 1.66 bits per heavy atom. The van der Waals surface area contributed by atoms with E-state index >= 15 is 0 Å². The monoisotopic (exact) mass is 491 g/mol. The first-order valence-electron chi connectivity index (χ1n) is 10.9. The van der Waals surface area contributed by atoms with Crippen molar-refractivity contribution >= 4 is 41.1 Å². The van der Waals surface area contributed by atoms with Crippen LogP contribution < -0.4 is 16.0 Å². The maximum absolute atomic E-state index is 12.8. The Bertz CT molecular complexity index is 1220. The molecule has 3 aromatic carbocycles. The Hall–Kier alpha value is -3.94. The zero-order valence-corrected chi connectivity index (χ0v) is 19.9. The SMILES string of the molecule is CC(=O)N/C(=C\c1ccc(Cl)c(CO)c1)C(=O)Nc1ccc(CC(=O)NCc2ccccc2)cc1. The number of benzene rings is 3. The Morgan fingerprint density at radius 3 is 2.31 bits per heavy atom. The molecular formula is C27H26ClN3O4. The molecule has 0 spiro atoms. The molecule has 0 atom stereocenters. The molecule has 35 heavy (non-hydrogen) atoms. The molecule has 0 radical (unpaired) electrons. The Labute approximate surface area is 208 Å². The van der Waals surface area contributed by atoms with Crippen LogP contribution in [0.5, 0.6) is 0 Å². The molecular weight excluding hydrogens is 466 g/mol. The molecule has 3 aromatic rings. The number of carbonyl (C=O) groups is 3. The zero-order chi connectivity index (χ0) is 25.2. The van der Waals surface area contributed by atoms with E-state index in [1.54, 1.807) is 42.5 Å². The van der Waals surface area contributed by atoms with Gasteiger partial charge in [0.05, 0.1) is 13.0 Å². The predicted octanol–water partition coefficient (Wildman–Crippen LogP) is 3.81. The van der Waals surface area contributed by atoms with E-state index in [-0.39, 0.29) is 24.6 Å². The van der Waals surface area contributed by atoms with Gasteiger partial charge in [0.25, 0.3) is 5.91 Å². The summed E-state index contributed by atoms with van der Waals surface area (Å²) in [4.78, 5) is 36.7. The molecule has 0 heterocycles. The molecule has 3 rings (SSSR count). The number of aliphatic hydroxyl groups is 1. The van der Waals surface area contributed by atoms with E-state index in [4.69, 9.17) is 11.6 Å². The molecule has 180 valence electrons. The summed E-state index contributed by atoms with van der Waals surface area (Å²) in [7, 11) is 0. The molecule has 0 bridgehead atoms. The van der Waals surface area contributed by atoms with Crippen LogP contribution in [0.4, 0.5) is 5.69 Å². The van der Waals surface area contributed by atoms with Crippen LogP contribution in [0.1, 0.15) is 29.2 Å². The van der Waals surface area contributed by atoms with Crippen molar-refractivity contribution in [3.8, 4) is 0 Å². The van der Waals surface area contributed by atoms with Gasteiger partial charge in [0.1, 0.15) is 5.70 Å². The van der Waals surface area contributed by atoms with Crippen LogP contribution >= 0.6 is 11.6 Å². The van der Waals surface area contributed by atoms with Gasteiger partial charge in [-0.3, -0.25) is 14.4 Å². The third kappa shape index (κ3) is 8.10.